The zero-order chi connectivity index (χ0) is 20.2. The van der Waals surface area contributed by atoms with Crippen LogP contribution in [0.25, 0.3) is 21.9 Å². The summed E-state index contributed by atoms with van der Waals surface area (Å²) >= 11 is 1.76. The number of ether oxygens (including phenoxy) is 1. The number of imidazole rings is 1. The van der Waals surface area contributed by atoms with Gasteiger partial charge in [-0.3, -0.25) is 4.79 Å². The first kappa shape index (κ1) is 19.4. The molecule has 0 aliphatic heterocycles. The highest BCUT2D eigenvalue weighted by Crippen LogP contribution is 2.23. The molecule has 29 heavy (non-hydrogen) atoms. The summed E-state index contributed by atoms with van der Waals surface area (Å²) in [5.41, 5.74) is 2.90. The van der Waals surface area contributed by atoms with Gasteiger partial charge in [-0.15, -0.1) is 0 Å². The minimum absolute atomic E-state index is 0.0372. The third kappa shape index (κ3) is 4.24. The lowest BCUT2D eigenvalue weighted by atomic mass is 10.2. The van der Waals surface area contributed by atoms with Crippen LogP contribution in [-0.2, 0) is 11.3 Å². The fourth-order valence-electron chi connectivity index (χ4n) is 3.49. The zero-order valence-corrected chi connectivity index (χ0v) is 17.3. The van der Waals surface area contributed by atoms with Crippen molar-refractivity contribution in [1.82, 2.24) is 19.9 Å². The molecular formula is C22H24N4O2S. The van der Waals surface area contributed by atoms with E-state index in [4.69, 9.17) is 4.74 Å². The van der Waals surface area contributed by atoms with Gasteiger partial charge < -0.3 is 19.6 Å². The van der Waals surface area contributed by atoms with E-state index in [0.717, 1.165) is 45.7 Å². The van der Waals surface area contributed by atoms with E-state index in [2.05, 4.69) is 21.5 Å². The average molecular weight is 409 g/mol. The number of carbonyl (C=O) groups is 1. The molecule has 1 amide bonds. The predicted octanol–water partition coefficient (Wildman–Crippen LogP) is 4.14. The third-order valence-electron chi connectivity index (χ3n) is 4.98. The number of H-pyrrole nitrogens is 1. The number of rotatable bonds is 8. The lowest BCUT2D eigenvalue weighted by Crippen LogP contribution is -2.32. The maximum absolute atomic E-state index is 12.8. The minimum Gasteiger partial charge on any atom is -0.497 e. The van der Waals surface area contributed by atoms with E-state index in [-0.39, 0.29) is 18.5 Å². The quantitative estimate of drug-likeness (QED) is 0.460. The number of fused-ring (bicyclic) bond motifs is 2. The molecule has 1 atom stereocenters. The van der Waals surface area contributed by atoms with Crippen molar-refractivity contribution in [2.24, 2.45) is 0 Å². The first-order chi connectivity index (χ1) is 14.2. The summed E-state index contributed by atoms with van der Waals surface area (Å²) in [5, 5.41) is 4.21. The molecule has 2 aromatic carbocycles. The lowest BCUT2D eigenvalue weighted by Gasteiger charge is -2.17. The number of hydrogen-bond donors (Lipinski definition) is 2. The van der Waals surface area contributed by atoms with Crippen LogP contribution < -0.4 is 10.1 Å². The molecule has 4 aromatic rings. The molecule has 0 aliphatic rings. The number of nitrogens with one attached hydrogen (secondary N) is 2. The fourth-order valence-corrected chi connectivity index (χ4v) is 3.96. The van der Waals surface area contributed by atoms with Gasteiger partial charge >= 0.3 is 0 Å². The summed E-state index contributed by atoms with van der Waals surface area (Å²) in [4.78, 5) is 20.9. The Bertz CT molecular complexity index is 1100. The number of aromatic amines is 1. The molecule has 7 heteroatoms. The van der Waals surface area contributed by atoms with E-state index in [1.54, 1.807) is 18.9 Å². The second kappa shape index (κ2) is 8.61. The summed E-state index contributed by atoms with van der Waals surface area (Å²) in [6.07, 6.45) is 4.82. The molecule has 4 rings (SSSR count). The summed E-state index contributed by atoms with van der Waals surface area (Å²) in [7, 11) is 1.65. The topological polar surface area (TPSA) is 71.9 Å². The molecule has 150 valence electrons. The molecular weight excluding hydrogens is 384 g/mol. The van der Waals surface area contributed by atoms with Gasteiger partial charge in [-0.25, -0.2) is 4.98 Å². The molecule has 0 saturated heterocycles. The van der Waals surface area contributed by atoms with E-state index in [9.17, 15) is 4.79 Å². The van der Waals surface area contributed by atoms with Crippen molar-refractivity contribution < 1.29 is 9.53 Å². The fraction of sp³-hybridized carbons (Fsp3) is 0.273. The minimum atomic E-state index is -0.149. The van der Waals surface area contributed by atoms with Crippen molar-refractivity contribution in [3.05, 3.63) is 60.6 Å². The van der Waals surface area contributed by atoms with Gasteiger partial charge in [0, 0.05) is 17.1 Å². The van der Waals surface area contributed by atoms with Crippen LogP contribution in [0.5, 0.6) is 5.75 Å². The Kier molecular flexibility index (Phi) is 5.76. The van der Waals surface area contributed by atoms with Crippen LogP contribution in [0, 0.1) is 0 Å². The van der Waals surface area contributed by atoms with Gasteiger partial charge in [-0.05, 0) is 54.8 Å². The molecule has 0 bridgehead atoms. The van der Waals surface area contributed by atoms with Gasteiger partial charge in [0.25, 0.3) is 0 Å². The van der Waals surface area contributed by atoms with Gasteiger partial charge in [0.05, 0.1) is 24.2 Å². The molecule has 0 aliphatic carbocycles. The normalized spacial score (nSPS) is 12.3. The van der Waals surface area contributed by atoms with Gasteiger partial charge in [0.1, 0.15) is 18.1 Å². The van der Waals surface area contributed by atoms with Crippen LogP contribution in [0.1, 0.15) is 18.3 Å². The van der Waals surface area contributed by atoms with E-state index in [1.165, 1.54) is 0 Å². The molecule has 6 nitrogen and oxygen atoms in total. The Morgan fingerprint density at radius 3 is 2.93 bits per heavy atom. The third-order valence-corrected chi connectivity index (χ3v) is 5.62. The Morgan fingerprint density at radius 2 is 2.14 bits per heavy atom. The number of aromatic nitrogens is 3. The van der Waals surface area contributed by atoms with Crippen molar-refractivity contribution in [3.63, 3.8) is 0 Å². The summed E-state index contributed by atoms with van der Waals surface area (Å²) in [5.74, 6) is 2.51. The molecule has 2 N–H and O–H groups in total. The highest BCUT2D eigenvalue weighted by atomic mass is 32.2. The monoisotopic (exact) mass is 408 g/mol. The van der Waals surface area contributed by atoms with Crippen molar-refractivity contribution in [3.8, 4) is 5.75 Å². The number of methoxy groups -OCH3 is 1. The van der Waals surface area contributed by atoms with Crippen molar-refractivity contribution in [2.45, 2.75) is 19.0 Å². The largest absolute Gasteiger partial charge is 0.497 e. The molecule has 0 spiro atoms. The van der Waals surface area contributed by atoms with Gasteiger partial charge in [-0.1, -0.05) is 12.1 Å². The van der Waals surface area contributed by atoms with Gasteiger partial charge in [0.2, 0.25) is 5.91 Å². The molecule has 2 heterocycles. The van der Waals surface area contributed by atoms with Crippen LogP contribution in [0.3, 0.4) is 0 Å². The Labute approximate surface area is 173 Å². The second-order valence-electron chi connectivity index (χ2n) is 6.91. The number of carbonyl (C=O) groups excluding carboxylic acids is 1. The van der Waals surface area contributed by atoms with E-state index < -0.39 is 0 Å². The van der Waals surface area contributed by atoms with Gasteiger partial charge in [0.15, 0.2) is 0 Å². The smallest absolute Gasteiger partial charge is 0.240 e. The highest BCUT2D eigenvalue weighted by Gasteiger charge is 2.18. The van der Waals surface area contributed by atoms with Crippen LogP contribution in [0.15, 0.2) is 54.7 Å². The second-order valence-corrected chi connectivity index (χ2v) is 7.89. The SMILES string of the molecule is COc1ccc2c(ccn2CC(=O)NC(CCSC)c2nc3ccccc3[nH]2)c1. The first-order valence-corrected chi connectivity index (χ1v) is 10.9. The van der Waals surface area contributed by atoms with Crippen LogP contribution in [0.2, 0.25) is 0 Å². The standard InChI is InChI=1S/C22H24N4O2S/c1-28-16-7-8-20-15(13-16)9-11-26(20)14-21(27)23-19(10-12-29-2)22-24-17-5-3-4-6-18(17)25-22/h3-9,11,13,19H,10,12,14H2,1-2H3,(H,23,27)(H,24,25). The molecule has 1 unspecified atom stereocenters. The number of thioether (sulfide) groups is 1. The molecule has 2 aromatic heterocycles. The number of benzene rings is 2. The van der Waals surface area contributed by atoms with Crippen LogP contribution >= 0.6 is 11.8 Å². The Hall–Kier alpha value is -2.93. The predicted molar refractivity (Wildman–Crippen MR) is 118 cm³/mol. The molecule has 0 fully saturated rings. The Balaban J connectivity index is 1.52. The van der Waals surface area contributed by atoms with E-state index in [1.807, 2.05) is 59.3 Å². The maximum atomic E-state index is 12.8. The summed E-state index contributed by atoms with van der Waals surface area (Å²) in [6.45, 7) is 0.256. The summed E-state index contributed by atoms with van der Waals surface area (Å²) < 4.78 is 7.23. The van der Waals surface area contributed by atoms with Crippen molar-refractivity contribution >= 4 is 39.6 Å². The van der Waals surface area contributed by atoms with E-state index in [0.29, 0.717) is 0 Å². The molecule has 0 saturated carbocycles. The maximum Gasteiger partial charge on any atom is 0.240 e. The number of amides is 1. The number of nitrogens with zero attached hydrogens (tertiary/aromatic N) is 2. The van der Waals surface area contributed by atoms with Crippen molar-refractivity contribution in [2.75, 3.05) is 19.1 Å². The van der Waals surface area contributed by atoms with Gasteiger partial charge in [-0.2, -0.15) is 11.8 Å². The van der Waals surface area contributed by atoms with Crippen LogP contribution in [0.4, 0.5) is 0 Å². The molecule has 0 radical (unpaired) electrons. The van der Waals surface area contributed by atoms with Crippen molar-refractivity contribution in [1.29, 1.82) is 0 Å². The van der Waals surface area contributed by atoms with Crippen LogP contribution in [-0.4, -0.2) is 39.6 Å². The Morgan fingerprint density at radius 1 is 1.28 bits per heavy atom. The van der Waals surface area contributed by atoms with E-state index >= 15 is 0 Å². The number of para-hydroxylation sites is 2. The lowest BCUT2D eigenvalue weighted by molar-refractivity contribution is -0.122. The highest BCUT2D eigenvalue weighted by molar-refractivity contribution is 7.98. The average Bonchev–Trinajstić information content (AvgIpc) is 3.34. The summed E-state index contributed by atoms with van der Waals surface area (Å²) in [6, 6.07) is 15.6. The number of hydrogen-bond acceptors (Lipinski definition) is 4. The zero-order valence-electron chi connectivity index (χ0n) is 16.5. The first-order valence-electron chi connectivity index (χ1n) is 9.54.